The molecular formula is C9H14F3NO2. The van der Waals surface area contributed by atoms with Gasteiger partial charge < -0.3 is 5.11 Å². The molecule has 0 aromatic rings. The molecule has 1 saturated heterocycles. The van der Waals surface area contributed by atoms with Gasteiger partial charge in [-0.15, -0.1) is 0 Å². The number of carboxylic acids is 1. The molecule has 1 heterocycles. The van der Waals surface area contributed by atoms with Crippen molar-refractivity contribution in [3.8, 4) is 0 Å². The van der Waals surface area contributed by atoms with Gasteiger partial charge in [0.25, 0.3) is 0 Å². The van der Waals surface area contributed by atoms with Crippen LogP contribution in [0.4, 0.5) is 13.2 Å². The second-order valence-electron chi connectivity index (χ2n) is 3.83. The number of hydrogen-bond donors (Lipinski definition) is 1. The number of nitrogens with zero attached hydrogens (tertiary/aromatic N) is 1. The molecule has 15 heavy (non-hydrogen) atoms. The molecule has 6 heteroatoms. The molecule has 88 valence electrons. The molecule has 0 aromatic carbocycles. The average molecular weight is 225 g/mol. The van der Waals surface area contributed by atoms with Crippen LogP contribution in [-0.2, 0) is 4.79 Å². The Morgan fingerprint density at radius 2 is 2.13 bits per heavy atom. The van der Waals surface area contributed by atoms with Crippen LogP contribution in [-0.4, -0.2) is 40.8 Å². The van der Waals surface area contributed by atoms with Crippen LogP contribution in [0, 0.1) is 0 Å². The van der Waals surface area contributed by atoms with Gasteiger partial charge in [-0.3, -0.25) is 9.69 Å². The Labute approximate surface area is 85.9 Å². The first-order chi connectivity index (χ1) is 6.82. The summed E-state index contributed by atoms with van der Waals surface area (Å²) in [6.45, 7) is 0.690. The Morgan fingerprint density at radius 3 is 2.53 bits per heavy atom. The molecule has 1 N–H and O–H groups in total. The zero-order chi connectivity index (χ0) is 11.7. The van der Waals surface area contributed by atoms with Crippen molar-refractivity contribution in [3.05, 3.63) is 0 Å². The SMILES string of the molecule is CCC1(C(=O)O)CCCN1CC(F)(F)F. The standard InChI is InChI=1S/C9H14F3NO2/c1-2-8(7(14)15)4-3-5-13(8)6-9(10,11)12/h2-6H2,1H3,(H,14,15). The molecule has 1 aliphatic rings. The van der Waals surface area contributed by atoms with Crippen LogP contribution in [0.3, 0.4) is 0 Å². The Morgan fingerprint density at radius 1 is 1.53 bits per heavy atom. The van der Waals surface area contributed by atoms with Crippen molar-refractivity contribution < 1.29 is 23.1 Å². The molecule has 0 saturated carbocycles. The van der Waals surface area contributed by atoms with Crippen LogP contribution in [0.25, 0.3) is 0 Å². The minimum atomic E-state index is -4.33. The fourth-order valence-corrected chi connectivity index (χ4v) is 2.18. The van der Waals surface area contributed by atoms with Crippen molar-refractivity contribution in [2.24, 2.45) is 0 Å². The van der Waals surface area contributed by atoms with Crippen molar-refractivity contribution in [3.63, 3.8) is 0 Å². The van der Waals surface area contributed by atoms with Crippen LogP contribution in [0.15, 0.2) is 0 Å². The molecule has 0 aromatic heterocycles. The van der Waals surface area contributed by atoms with Gasteiger partial charge in [0.15, 0.2) is 0 Å². The summed E-state index contributed by atoms with van der Waals surface area (Å²) >= 11 is 0. The van der Waals surface area contributed by atoms with E-state index in [0.29, 0.717) is 12.8 Å². The number of halogens is 3. The smallest absolute Gasteiger partial charge is 0.401 e. The van der Waals surface area contributed by atoms with Crippen molar-refractivity contribution in [2.45, 2.75) is 37.9 Å². The van der Waals surface area contributed by atoms with Gasteiger partial charge in [-0.25, -0.2) is 0 Å². The fourth-order valence-electron chi connectivity index (χ4n) is 2.18. The minimum Gasteiger partial charge on any atom is -0.480 e. The third-order valence-corrected chi connectivity index (χ3v) is 2.98. The number of carbonyl (C=O) groups is 1. The Bertz CT molecular complexity index is 254. The zero-order valence-electron chi connectivity index (χ0n) is 8.47. The lowest BCUT2D eigenvalue weighted by atomic mass is 9.93. The van der Waals surface area contributed by atoms with Gasteiger partial charge in [-0.05, 0) is 25.8 Å². The number of alkyl halides is 3. The van der Waals surface area contributed by atoms with Crippen LogP contribution >= 0.6 is 0 Å². The largest absolute Gasteiger partial charge is 0.480 e. The van der Waals surface area contributed by atoms with E-state index in [1.807, 2.05) is 0 Å². The van der Waals surface area contributed by atoms with Crippen LogP contribution < -0.4 is 0 Å². The normalized spacial score (nSPS) is 28.3. The summed E-state index contributed by atoms with van der Waals surface area (Å²) in [6, 6.07) is 0. The van der Waals surface area contributed by atoms with Crippen molar-refractivity contribution >= 4 is 5.97 Å². The Hall–Kier alpha value is -0.780. The molecule has 1 aliphatic heterocycles. The number of rotatable bonds is 3. The summed E-state index contributed by atoms with van der Waals surface area (Å²) in [6.07, 6.45) is -3.32. The molecule has 0 amide bonds. The van der Waals surface area contributed by atoms with Crippen molar-refractivity contribution in [2.75, 3.05) is 13.1 Å². The van der Waals surface area contributed by atoms with Crippen LogP contribution in [0.5, 0.6) is 0 Å². The van der Waals surface area contributed by atoms with E-state index >= 15 is 0 Å². The summed E-state index contributed by atoms with van der Waals surface area (Å²) < 4.78 is 36.6. The third-order valence-electron chi connectivity index (χ3n) is 2.98. The molecule has 0 spiro atoms. The van der Waals surface area contributed by atoms with Crippen molar-refractivity contribution in [1.82, 2.24) is 4.90 Å². The second kappa shape index (κ2) is 4.00. The van der Waals surface area contributed by atoms with E-state index in [-0.39, 0.29) is 13.0 Å². The lowest BCUT2D eigenvalue weighted by Crippen LogP contribution is -2.52. The Kier molecular flexibility index (Phi) is 3.28. The summed E-state index contributed by atoms with van der Waals surface area (Å²) in [5.74, 6) is -1.15. The number of aliphatic carboxylic acids is 1. The molecule has 3 nitrogen and oxygen atoms in total. The molecular weight excluding hydrogens is 211 g/mol. The van der Waals surface area contributed by atoms with E-state index in [2.05, 4.69) is 0 Å². The maximum absolute atomic E-state index is 12.2. The highest BCUT2D eigenvalue weighted by Gasteiger charge is 2.49. The average Bonchev–Trinajstić information content (AvgIpc) is 2.45. The van der Waals surface area contributed by atoms with E-state index in [4.69, 9.17) is 5.11 Å². The summed E-state index contributed by atoms with van der Waals surface area (Å²) in [5.41, 5.74) is -1.31. The van der Waals surface area contributed by atoms with Gasteiger partial charge in [0.05, 0.1) is 6.54 Å². The molecule has 1 rings (SSSR count). The van der Waals surface area contributed by atoms with E-state index < -0.39 is 24.2 Å². The molecule has 1 atom stereocenters. The maximum atomic E-state index is 12.2. The molecule has 1 fully saturated rings. The summed E-state index contributed by atoms with van der Waals surface area (Å²) in [4.78, 5) is 12.1. The van der Waals surface area contributed by atoms with Crippen LogP contribution in [0.2, 0.25) is 0 Å². The maximum Gasteiger partial charge on any atom is 0.401 e. The summed E-state index contributed by atoms with van der Waals surface area (Å²) in [7, 11) is 0. The topological polar surface area (TPSA) is 40.5 Å². The minimum absolute atomic E-state index is 0.207. The van der Waals surface area contributed by atoms with E-state index in [9.17, 15) is 18.0 Å². The molecule has 1 unspecified atom stereocenters. The summed E-state index contributed by atoms with van der Waals surface area (Å²) in [5, 5.41) is 9.02. The first-order valence-corrected chi connectivity index (χ1v) is 4.87. The first-order valence-electron chi connectivity index (χ1n) is 4.87. The van der Waals surface area contributed by atoms with Gasteiger partial charge in [0, 0.05) is 0 Å². The third kappa shape index (κ3) is 2.42. The highest BCUT2D eigenvalue weighted by Crippen LogP contribution is 2.35. The van der Waals surface area contributed by atoms with Gasteiger partial charge in [-0.2, -0.15) is 13.2 Å². The van der Waals surface area contributed by atoms with Crippen LogP contribution in [0.1, 0.15) is 26.2 Å². The number of carboxylic acid groups (broad SMARTS) is 1. The first kappa shape index (κ1) is 12.3. The highest BCUT2D eigenvalue weighted by atomic mass is 19.4. The predicted octanol–water partition coefficient (Wildman–Crippen LogP) is 1.88. The van der Waals surface area contributed by atoms with Gasteiger partial charge in [0.1, 0.15) is 5.54 Å². The fraction of sp³-hybridized carbons (Fsp3) is 0.889. The number of likely N-dealkylation sites (tertiary alicyclic amines) is 1. The molecule has 0 radical (unpaired) electrons. The van der Waals surface area contributed by atoms with Gasteiger partial charge in [0.2, 0.25) is 0 Å². The lowest BCUT2D eigenvalue weighted by Gasteiger charge is -2.34. The van der Waals surface area contributed by atoms with Gasteiger partial charge >= 0.3 is 12.1 Å². The highest BCUT2D eigenvalue weighted by molar-refractivity contribution is 5.79. The Balaban J connectivity index is 2.83. The van der Waals surface area contributed by atoms with E-state index in [1.54, 1.807) is 6.92 Å². The predicted molar refractivity (Wildman–Crippen MR) is 47.5 cm³/mol. The molecule has 0 aliphatic carbocycles. The second-order valence-corrected chi connectivity index (χ2v) is 3.83. The lowest BCUT2D eigenvalue weighted by molar-refractivity contribution is -0.169. The quantitative estimate of drug-likeness (QED) is 0.797. The van der Waals surface area contributed by atoms with Gasteiger partial charge in [-0.1, -0.05) is 6.92 Å². The number of hydrogen-bond acceptors (Lipinski definition) is 2. The molecule has 0 bridgehead atoms. The monoisotopic (exact) mass is 225 g/mol. The zero-order valence-corrected chi connectivity index (χ0v) is 8.47. The van der Waals surface area contributed by atoms with E-state index in [0.717, 1.165) is 4.90 Å². The van der Waals surface area contributed by atoms with Crippen molar-refractivity contribution in [1.29, 1.82) is 0 Å². The van der Waals surface area contributed by atoms with E-state index in [1.165, 1.54) is 0 Å².